The number of pyridine rings is 1. The third kappa shape index (κ3) is 2.20. The predicted molar refractivity (Wildman–Crippen MR) is 60.1 cm³/mol. The molecular formula is C11H14N4O. The molecule has 2 rings (SSSR count). The van der Waals surface area contributed by atoms with Gasteiger partial charge in [0.25, 0.3) is 0 Å². The van der Waals surface area contributed by atoms with E-state index < -0.39 is 0 Å². The van der Waals surface area contributed by atoms with Gasteiger partial charge >= 0.3 is 0 Å². The zero-order valence-corrected chi connectivity index (χ0v) is 9.13. The molecule has 5 nitrogen and oxygen atoms in total. The van der Waals surface area contributed by atoms with Gasteiger partial charge in [-0.25, -0.2) is 0 Å². The van der Waals surface area contributed by atoms with Crippen LogP contribution in [-0.4, -0.2) is 14.8 Å². The molecule has 0 saturated carbocycles. The first-order valence-electron chi connectivity index (χ1n) is 5.16. The van der Waals surface area contributed by atoms with Crippen LogP contribution in [0.25, 0.3) is 0 Å². The van der Waals surface area contributed by atoms with E-state index in [4.69, 9.17) is 10.5 Å². The van der Waals surface area contributed by atoms with Gasteiger partial charge in [-0.3, -0.25) is 9.67 Å². The van der Waals surface area contributed by atoms with Crippen molar-refractivity contribution in [3.8, 4) is 11.5 Å². The first-order chi connectivity index (χ1) is 7.83. The lowest BCUT2D eigenvalue weighted by Gasteiger charge is -2.06. The van der Waals surface area contributed by atoms with E-state index in [1.807, 2.05) is 19.2 Å². The molecule has 0 amide bonds. The monoisotopic (exact) mass is 218 g/mol. The molecule has 5 heteroatoms. The Labute approximate surface area is 93.9 Å². The average Bonchev–Trinajstić information content (AvgIpc) is 2.77. The zero-order valence-electron chi connectivity index (χ0n) is 9.13. The molecule has 0 aliphatic carbocycles. The Hall–Kier alpha value is -1.88. The minimum absolute atomic E-state index is 0.430. The molecule has 2 heterocycles. The SMILES string of the molecule is CCn1cc(Oc2cnccc2CN)cn1. The summed E-state index contributed by atoms with van der Waals surface area (Å²) in [6.45, 7) is 3.27. The molecular weight excluding hydrogens is 204 g/mol. The van der Waals surface area contributed by atoms with E-state index in [9.17, 15) is 0 Å². The van der Waals surface area contributed by atoms with Crippen molar-refractivity contribution in [3.05, 3.63) is 36.4 Å². The van der Waals surface area contributed by atoms with E-state index >= 15 is 0 Å². The van der Waals surface area contributed by atoms with E-state index in [0.29, 0.717) is 18.0 Å². The highest BCUT2D eigenvalue weighted by Gasteiger charge is 2.04. The second-order valence-electron chi connectivity index (χ2n) is 3.32. The third-order valence-corrected chi connectivity index (χ3v) is 2.25. The van der Waals surface area contributed by atoms with Gasteiger partial charge in [-0.2, -0.15) is 5.10 Å². The summed E-state index contributed by atoms with van der Waals surface area (Å²) >= 11 is 0. The van der Waals surface area contributed by atoms with Crippen LogP contribution in [0.3, 0.4) is 0 Å². The summed E-state index contributed by atoms with van der Waals surface area (Å²) < 4.78 is 7.46. The predicted octanol–water partition coefficient (Wildman–Crippen LogP) is 1.55. The number of hydrogen-bond acceptors (Lipinski definition) is 4. The quantitative estimate of drug-likeness (QED) is 0.845. The molecule has 0 aliphatic rings. The minimum atomic E-state index is 0.430. The van der Waals surface area contributed by atoms with Gasteiger partial charge in [-0.05, 0) is 13.0 Å². The van der Waals surface area contributed by atoms with Crippen LogP contribution in [0.2, 0.25) is 0 Å². The normalized spacial score (nSPS) is 10.4. The second kappa shape index (κ2) is 4.76. The first kappa shape index (κ1) is 10.6. The summed E-state index contributed by atoms with van der Waals surface area (Å²) in [5.74, 6) is 1.38. The van der Waals surface area contributed by atoms with E-state index in [1.54, 1.807) is 23.3 Å². The highest BCUT2D eigenvalue weighted by molar-refractivity contribution is 5.33. The first-order valence-corrected chi connectivity index (χ1v) is 5.16. The lowest BCUT2D eigenvalue weighted by molar-refractivity contribution is 0.472. The van der Waals surface area contributed by atoms with E-state index in [-0.39, 0.29) is 0 Å². The van der Waals surface area contributed by atoms with Crippen LogP contribution in [0, 0.1) is 0 Å². The molecule has 2 N–H and O–H groups in total. The Morgan fingerprint density at radius 1 is 1.44 bits per heavy atom. The lowest BCUT2D eigenvalue weighted by Crippen LogP contribution is -1.99. The Kier molecular flexibility index (Phi) is 3.16. The van der Waals surface area contributed by atoms with Crippen LogP contribution in [0.5, 0.6) is 11.5 Å². The van der Waals surface area contributed by atoms with E-state index in [0.717, 1.165) is 12.1 Å². The van der Waals surface area contributed by atoms with Crippen molar-refractivity contribution >= 4 is 0 Å². The fourth-order valence-corrected chi connectivity index (χ4v) is 1.37. The molecule has 0 unspecified atom stereocenters. The van der Waals surface area contributed by atoms with Gasteiger partial charge in [0.05, 0.1) is 18.6 Å². The Morgan fingerprint density at radius 3 is 3.00 bits per heavy atom. The van der Waals surface area contributed by atoms with Gasteiger partial charge in [0.15, 0.2) is 5.75 Å². The summed E-state index contributed by atoms with van der Waals surface area (Å²) in [6.07, 6.45) is 6.88. The van der Waals surface area contributed by atoms with E-state index in [1.165, 1.54) is 0 Å². The molecule has 2 aromatic heterocycles. The fraction of sp³-hybridized carbons (Fsp3) is 0.273. The van der Waals surface area contributed by atoms with E-state index in [2.05, 4.69) is 10.1 Å². The number of ether oxygens (including phenoxy) is 1. The number of nitrogens with two attached hydrogens (primary N) is 1. The number of aryl methyl sites for hydroxylation is 1. The smallest absolute Gasteiger partial charge is 0.165 e. The summed E-state index contributed by atoms with van der Waals surface area (Å²) in [7, 11) is 0. The van der Waals surface area contributed by atoms with Gasteiger partial charge < -0.3 is 10.5 Å². The Balaban J connectivity index is 2.19. The third-order valence-electron chi connectivity index (χ3n) is 2.25. The van der Waals surface area contributed by atoms with Crippen molar-refractivity contribution < 1.29 is 4.74 Å². The number of hydrogen-bond donors (Lipinski definition) is 1. The summed E-state index contributed by atoms with van der Waals surface area (Å²) in [5.41, 5.74) is 6.54. The van der Waals surface area contributed by atoms with Crippen LogP contribution < -0.4 is 10.5 Å². The fourth-order valence-electron chi connectivity index (χ4n) is 1.37. The van der Waals surface area contributed by atoms with Crippen molar-refractivity contribution in [1.82, 2.24) is 14.8 Å². The topological polar surface area (TPSA) is 66.0 Å². The molecule has 0 aliphatic heterocycles. The van der Waals surface area contributed by atoms with Gasteiger partial charge in [-0.1, -0.05) is 0 Å². The molecule has 2 aromatic rings. The van der Waals surface area contributed by atoms with Crippen molar-refractivity contribution in [2.24, 2.45) is 5.73 Å². The van der Waals surface area contributed by atoms with Gasteiger partial charge in [-0.15, -0.1) is 0 Å². The molecule has 16 heavy (non-hydrogen) atoms. The van der Waals surface area contributed by atoms with Crippen LogP contribution in [0.1, 0.15) is 12.5 Å². The van der Waals surface area contributed by atoms with Crippen molar-refractivity contribution in [2.75, 3.05) is 0 Å². The van der Waals surface area contributed by atoms with Crippen LogP contribution >= 0.6 is 0 Å². The maximum atomic E-state index is 5.66. The largest absolute Gasteiger partial charge is 0.452 e. The molecule has 0 fully saturated rings. The zero-order chi connectivity index (χ0) is 11.4. The molecule has 0 saturated heterocycles. The minimum Gasteiger partial charge on any atom is -0.452 e. The second-order valence-corrected chi connectivity index (χ2v) is 3.32. The van der Waals surface area contributed by atoms with Crippen LogP contribution in [0.15, 0.2) is 30.9 Å². The van der Waals surface area contributed by atoms with Gasteiger partial charge in [0.2, 0.25) is 0 Å². The summed E-state index contributed by atoms with van der Waals surface area (Å²) in [6, 6.07) is 1.85. The molecule has 84 valence electrons. The summed E-state index contributed by atoms with van der Waals surface area (Å²) in [5, 5.41) is 4.13. The Morgan fingerprint density at radius 2 is 2.31 bits per heavy atom. The lowest BCUT2D eigenvalue weighted by atomic mass is 10.2. The average molecular weight is 218 g/mol. The number of nitrogens with zero attached hydrogens (tertiary/aromatic N) is 3. The van der Waals surface area contributed by atoms with Gasteiger partial charge in [0.1, 0.15) is 5.75 Å². The van der Waals surface area contributed by atoms with Crippen molar-refractivity contribution in [3.63, 3.8) is 0 Å². The molecule has 0 atom stereocenters. The molecule has 0 aromatic carbocycles. The molecule has 0 radical (unpaired) electrons. The van der Waals surface area contributed by atoms with Crippen molar-refractivity contribution in [2.45, 2.75) is 20.0 Å². The summed E-state index contributed by atoms with van der Waals surface area (Å²) in [4.78, 5) is 4.01. The Bertz CT molecular complexity index is 467. The molecule has 0 spiro atoms. The number of rotatable bonds is 4. The van der Waals surface area contributed by atoms with Crippen LogP contribution in [-0.2, 0) is 13.1 Å². The molecule has 0 bridgehead atoms. The highest BCUT2D eigenvalue weighted by atomic mass is 16.5. The number of aromatic nitrogens is 3. The van der Waals surface area contributed by atoms with Gasteiger partial charge in [0, 0.05) is 24.8 Å². The maximum absolute atomic E-state index is 5.66. The van der Waals surface area contributed by atoms with Crippen molar-refractivity contribution in [1.29, 1.82) is 0 Å². The maximum Gasteiger partial charge on any atom is 0.165 e. The van der Waals surface area contributed by atoms with Crippen LogP contribution in [0.4, 0.5) is 0 Å². The standard InChI is InChI=1S/C11H14N4O/c1-2-15-8-10(6-14-15)16-11-7-13-4-3-9(11)5-12/h3-4,6-8H,2,5,12H2,1H3. The highest BCUT2D eigenvalue weighted by Crippen LogP contribution is 2.23.